The van der Waals surface area contributed by atoms with E-state index in [1.54, 1.807) is 24.0 Å². The van der Waals surface area contributed by atoms with Crippen molar-refractivity contribution >= 4 is 27.0 Å². The van der Waals surface area contributed by atoms with E-state index in [0.717, 1.165) is 36.0 Å². The number of aromatic nitrogens is 5. The largest absolute Gasteiger partial charge is 0.264 e. The van der Waals surface area contributed by atoms with Crippen LogP contribution in [-0.2, 0) is 29.9 Å². The molecule has 2 heterocycles. The highest BCUT2D eigenvalue weighted by atomic mass is 32.2. The van der Waals surface area contributed by atoms with Crippen molar-refractivity contribution in [2.45, 2.75) is 24.2 Å². The van der Waals surface area contributed by atoms with Crippen molar-refractivity contribution in [3.05, 3.63) is 35.7 Å². The lowest BCUT2D eigenvalue weighted by Crippen LogP contribution is -2.15. The lowest BCUT2D eigenvalue weighted by molar-refractivity contribution is 0.601. The third kappa shape index (κ3) is 2.42. The van der Waals surface area contributed by atoms with Crippen LogP contribution in [0.4, 0.5) is 5.95 Å². The molecule has 1 N–H and O–H groups in total. The molecule has 0 atom stereocenters. The number of nitrogens with zero attached hydrogens (tertiary/aromatic N) is 5. The van der Waals surface area contributed by atoms with Gasteiger partial charge in [-0.3, -0.25) is 0 Å². The zero-order chi connectivity index (χ0) is 16.0. The lowest BCUT2D eigenvalue weighted by Gasteiger charge is -2.07. The summed E-state index contributed by atoms with van der Waals surface area (Å²) in [5.74, 6) is 0.102. The first kappa shape index (κ1) is 14.1. The van der Waals surface area contributed by atoms with E-state index >= 15 is 0 Å². The van der Waals surface area contributed by atoms with Crippen LogP contribution in [0.5, 0.6) is 0 Å². The molecule has 3 aromatic rings. The number of fused-ring (bicyclic) bond motifs is 2. The number of sulfonamides is 1. The van der Waals surface area contributed by atoms with Crippen molar-refractivity contribution in [2.75, 3.05) is 4.72 Å². The zero-order valence-corrected chi connectivity index (χ0v) is 13.2. The number of anilines is 1. The maximum Gasteiger partial charge on any atom is 0.264 e. The second kappa shape index (κ2) is 4.98. The average molecular weight is 330 g/mol. The minimum Gasteiger partial charge on any atom is -0.248 e. The number of benzene rings is 1. The zero-order valence-electron chi connectivity index (χ0n) is 12.4. The van der Waals surface area contributed by atoms with E-state index in [9.17, 15) is 8.42 Å². The van der Waals surface area contributed by atoms with E-state index in [4.69, 9.17) is 0 Å². The van der Waals surface area contributed by atoms with Crippen LogP contribution in [0.2, 0.25) is 0 Å². The Morgan fingerprint density at radius 3 is 3.00 bits per heavy atom. The van der Waals surface area contributed by atoms with Crippen LogP contribution in [0.15, 0.2) is 29.3 Å². The molecule has 0 amide bonds. The van der Waals surface area contributed by atoms with E-state index < -0.39 is 10.0 Å². The van der Waals surface area contributed by atoms with Crippen LogP contribution in [0.3, 0.4) is 0 Å². The molecule has 9 heteroatoms. The van der Waals surface area contributed by atoms with Gasteiger partial charge in [0.25, 0.3) is 10.0 Å². The van der Waals surface area contributed by atoms with Crippen molar-refractivity contribution in [1.29, 1.82) is 0 Å². The van der Waals surface area contributed by atoms with Crippen molar-refractivity contribution < 1.29 is 8.42 Å². The number of nitrogens with one attached hydrogen (secondary N) is 1. The van der Waals surface area contributed by atoms with Gasteiger partial charge in [-0.1, -0.05) is 5.21 Å². The first-order valence-electron chi connectivity index (χ1n) is 7.20. The molecule has 1 aliphatic rings. The van der Waals surface area contributed by atoms with Gasteiger partial charge in [-0.05, 0) is 43.0 Å². The van der Waals surface area contributed by atoms with E-state index in [2.05, 4.69) is 25.0 Å². The van der Waals surface area contributed by atoms with Crippen LogP contribution in [0, 0.1) is 0 Å². The Labute approximate surface area is 132 Å². The Kier molecular flexibility index (Phi) is 3.05. The SMILES string of the molecule is Cn1nnc2cc(S(=O)(=O)Nc3ncc4c(n3)CCC4)ccc21. The summed E-state index contributed by atoms with van der Waals surface area (Å²) in [5, 5.41) is 7.81. The van der Waals surface area contributed by atoms with Crippen molar-refractivity contribution in [1.82, 2.24) is 25.0 Å². The summed E-state index contributed by atoms with van der Waals surface area (Å²) in [5.41, 5.74) is 3.29. The van der Waals surface area contributed by atoms with Crippen molar-refractivity contribution in [3.63, 3.8) is 0 Å². The number of aryl methyl sites for hydroxylation is 3. The highest BCUT2D eigenvalue weighted by Gasteiger charge is 2.19. The van der Waals surface area contributed by atoms with Gasteiger partial charge in [0.2, 0.25) is 5.95 Å². The summed E-state index contributed by atoms with van der Waals surface area (Å²) in [6.07, 6.45) is 4.53. The third-order valence-corrected chi connectivity index (χ3v) is 5.26. The van der Waals surface area contributed by atoms with Gasteiger partial charge >= 0.3 is 0 Å². The molecule has 0 aliphatic heterocycles. The van der Waals surface area contributed by atoms with Crippen LogP contribution in [0.1, 0.15) is 17.7 Å². The van der Waals surface area contributed by atoms with Gasteiger partial charge in [0.1, 0.15) is 5.52 Å². The van der Waals surface area contributed by atoms with Crippen molar-refractivity contribution in [2.24, 2.45) is 7.05 Å². The Bertz CT molecular complexity index is 1010. The maximum absolute atomic E-state index is 12.5. The van der Waals surface area contributed by atoms with Crippen molar-refractivity contribution in [3.8, 4) is 0 Å². The fourth-order valence-corrected chi connectivity index (χ4v) is 3.70. The summed E-state index contributed by atoms with van der Waals surface area (Å²) in [6, 6.07) is 4.67. The number of hydrogen-bond donors (Lipinski definition) is 1. The summed E-state index contributed by atoms with van der Waals surface area (Å²) < 4.78 is 29.0. The third-order valence-electron chi connectivity index (χ3n) is 3.93. The second-order valence-electron chi connectivity index (χ2n) is 5.49. The smallest absolute Gasteiger partial charge is 0.248 e. The van der Waals surface area contributed by atoms with Gasteiger partial charge in [-0.15, -0.1) is 5.10 Å². The molecular formula is C14H14N6O2S. The maximum atomic E-state index is 12.5. The Morgan fingerprint density at radius 2 is 2.13 bits per heavy atom. The topological polar surface area (TPSA) is 103 Å². The highest BCUT2D eigenvalue weighted by molar-refractivity contribution is 7.92. The van der Waals surface area contributed by atoms with E-state index in [-0.39, 0.29) is 10.8 Å². The molecule has 1 aromatic carbocycles. The van der Waals surface area contributed by atoms with E-state index in [1.807, 2.05) is 0 Å². The predicted molar refractivity (Wildman–Crippen MR) is 83.4 cm³/mol. The predicted octanol–water partition coefficient (Wildman–Crippen LogP) is 1.05. The molecule has 4 rings (SSSR count). The molecule has 0 saturated carbocycles. The molecule has 0 bridgehead atoms. The Morgan fingerprint density at radius 1 is 1.26 bits per heavy atom. The molecule has 23 heavy (non-hydrogen) atoms. The first-order valence-corrected chi connectivity index (χ1v) is 8.68. The molecule has 0 spiro atoms. The summed E-state index contributed by atoms with van der Waals surface area (Å²) in [7, 11) is -2.01. The van der Waals surface area contributed by atoms with Crippen LogP contribution in [0.25, 0.3) is 11.0 Å². The minimum atomic E-state index is -3.76. The summed E-state index contributed by atoms with van der Waals surface area (Å²) in [6.45, 7) is 0. The molecule has 0 fully saturated rings. The first-order chi connectivity index (χ1) is 11.0. The molecule has 0 radical (unpaired) electrons. The molecular weight excluding hydrogens is 316 g/mol. The lowest BCUT2D eigenvalue weighted by atomic mass is 10.3. The normalized spacial score (nSPS) is 14.1. The standard InChI is InChI=1S/C14H14N6O2S/c1-20-13-6-5-10(7-12(13)17-19-20)23(21,22)18-14-15-8-9-3-2-4-11(9)16-14/h5-8H,2-4H2,1H3,(H,15,16,18). The van der Waals surface area contributed by atoms with Crippen LogP contribution >= 0.6 is 0 Å². The van der Waals surface area contributed by atoms with Gasteiger partial charge in [0.15, 0.2) is 0 Å². The molecule has 0 saturated heterocycles. The van der Waals surface area contributed by atoms with Gasteiger partial charge in [0, 0.05) is 18.9 Å². The second-order valence-corrected chi connectivity index (χ2v) is 7.17. The van der Waals surface area contributed by atoms with Gasteiger partial charge < -0.3 is 0 Å². The molecule has 0 unspecified atom stereocenters. The Balaban J connectivity index is 1.68. The summed E-state index contributed by atoms with van der Waals surface area (Å²) in [4.78, 5) is 8.50. The molecule has 2 aromatic heterocycles. The van der Waals surface area contributed by atoms with E-state index in [0.29, 0.717) is 5.52 Å². The highest BCUT2D eigenvalue weighted by Crippen LogP contribution is 2.22. The Hall–Kier alpha value is -2.55. The summed E-state index contributed by atoms with van der Waals surface area (Å²) >= 11 is 0. The minimum absolute atomic E-state index is 0.102. The number of hydrogen-bond acceptors (Lipinski definition) is 6. The molecule has 118 valence electrons. The van der Waals surface area contributed by atoms with Gasteiger partial charge in [-0.2, -0.15) is 0 Å². The quantitative estimate of drug-likeness (QED) is 0.770. The number of rotatable bonds is 3. The molecule has 1 aliphatic carbocycles. The monoisotopic (exact) mass is 330 g/mol. The fraction of sp³-hybridized carbons (Fsp3) is 0.286. The van der Waals surface area contributed by atoms with Crippen LogP contribution in [-0.4, -0.2) is 33.4 Å². The van der Waals surface area contributed by atoms with E-state index in [1.165, 1.54) is 12.1 Å². The van der Waals surface area contributed by atoms with Crippen LogP contribution < -0.4 is 4.72 Å². The molecule has 8 nitrogen and oxygen atoms in total. The van der Waals surface area contributed by atoms with Gasteiger partial charge in [0.05, 0.1) is 10.4 Å². The fourth-order valence-electron chi connectivity index (χ4n) is 2.73. The van der Waals surface area contributed by atoms with Gasteiger partial charge in [-0.25, -0.2) is 27.8 Å². The average Bonchev–Trinajstić information content (AvgIpc) is 3.13.